The summed E-state index contributed by atoms with van der Waals surface area (Å²) in [5.41, 5.74) is 1.20. The topological polar surface area (TPSA) is 90.3 Å². The van der Waals surface area contributed by atoms with Gasteiger partial charge in [0.2, 0.25) is 6.79 Å². The fourth-order valence-electron chi connectivity index (χ4n) is 4.12. The first-order valence-corrected chi connectivity index (χ1v) is 11.2. The van der Waals surface area contributed by atoms with Crippen molar-refractivity contribution in [2.45, 2.75) is 24.7 Å². The summed E-state index contributed by atoms with van der Waals surface area (Å²) in [5, 5.41) is 10.0. The van der Waals surface area contributed by atoms with E-state index in [1.807, 2.05) is 24.3 Å². The number of para-hydroxylation sites is 1. The first kappa shape index (κ1) is 20.8. The van der Waals surface area contributed by atoms with Crippen LogP contribution in [-0.4, -0.2) is 33.6 Å². The Kier molecular flexibility index (Phi) is 4.66. The zero-order valence-corrected chi connectivity index (χ0v) is 18.1. The van der Waals surface area contributed by atoms with Gasteiger partial charge in [0.15, 0.2) is 28.4 Å². The zero-order chi connectivity index (χ0) is 23.4. The molecule has 0 saturated heterocycles. The molecular weight excluding hydrogens is 471 g/mol. The van der Waals surface area contributed by atoms with Crippen molar-refractivity contribution < 1.29 is 27.4 Å². The third kappa shape index (κ3) is 3.59. The molecule has 2 atom stereocenters. The highest BCUT2D eigenvalue weighted by molar-refractivity contribution is 7.22. The van der Waals surface area contributed by atoms with Crippen molar-refractivity contribution in [2.24, 2.45) is 0 Å². The number of nitrogens with zero attached hydrogens (tertiary/aromatic N) is 3. The molecule has 2 aliphatic heterocycles. The van der Waals surface area contributed by atoms with Crippen LogP contribution in [0.15, 0.2) is 48.5 Å². The minimum atomic E-state index is -4.56. The number of fused-ring (bicyclic) bond motifs is 3. The van der Waals surface area contributed by atoms with Gasteiger partial charge in [-0.3, -0.25) is 10.1 Å². The van der Waals surface area contributed by atoms with Crippen molar-refractivity contribution in [2.75, 3.05) is 17.4 Å². The number of carbonyl (C=O) groups is 1. The summed E-state index contributed by atoms with van der Waals surface area (Å²) in [7, 11) is 0. The van der Waals surface area contributed by atoms with Gasteiger partial charge in [0, 0.05) is 12.5 Å². The minimum absolute atomic E-state index is 0.0714. The fraction of sp³-hybridized carbons (Fsp3) is 0.227. The van der Waals surface area contributed by atoms with Gasteiger partial charge in [0.1, 0.15) is 5.82 Å². The van der Waals surface area contributed by atoms with Crippen LogP contribution in [0.4, 0.5) is 24.1 Å². The number of benzene rings is 2. The molecule has 0 radical (unpaired) electrons. The number of hydrogen-bond acceptors (Lipinski definition) is 7. The number of anilines is 2. The maximum Gasteiger partial charge on any atom is 0.410 e. The molecule has 34 heavy (non-hydrogen) atoms. The van der Waals surface area contributed by atoms with Gasteiger partial charge in [0.25, 0.3) is 5.91 Å². The SMILES string of the molecule is O=C(Nc1nc2ccccc2s1)c1cc2n(n1)C(C(F)(F)F)CC(c1ccc3c(c1)OCO3)N2. The van der Waals surface area contributed by atoms with Crippen molar-refractivity contribution in [3.8, 4) is 11.5 Å². The average molecular weight is 487 g/mol. The summed E-state index contributed by atoms with van der Waals surface area (Å²) < 4.78 is 54.2. The molecule has 0 spiro atoms. The van der Waals surface area contributed by atoms with Crippen LogP contribution >= 0.6 is 11.3 Å². The molecule has 2 aliphatic rings. The van der Waals surface area contributed by atoms with Gasteiger partial charge in [-0.15, -0.1) is 0 Å². The van der Waals surface area contributed by atoms with Gasteiger partial charge in [-0.2, -0.15) is 18.3 Å². The number of rotatable bonds is 3. The molecule has 4 heterocycles. The smallest absolute Gasteiger partial charge is 0.410 e. The first-order chi connectivity index (χ1) is 16.3. The second-order valence-corrected chi connectivity index (χ2v) is 8.93. The molecule has 1 amide bonds. The van der Waals surface area contributed by atoms with E-state index in [1.54, 1.807) is 18.2 Å². The van der Waals surface area contributed by atoms with E-state index < -0.39 is 24.2 Å². The van der Waals surface area contributed by atoms with Gasteiger partial charge in [-0.1, -0.05) is 29.5 Å². The fourth-order valence-corrected chi connectivity index (χ4v) is 4.98. The summed E-state index contributed by atoms with van der Waals surface area (Å²) in [6.45, 7) is 0.0714. The van der Waals surface area contributed by atoms with Gasteiger partial charge in [-0.25, -0.2) is 9.67 Å². The van der Waals surface area contributed by atoms with Crippen LogP contribution in [0.1, 0.15) is 34.6 Å². The Morgan fingerprint density at radius 2 is 1.97 bits per heavy atom. The van der Waals surface area contributed by atoms with E-state index >= 15 is 0 Å². The number of nitrogens with one attached hydrogen (secondary N) is 2. The molecular formula is C22H16F3N5O3S. The number of thiazole rings is 1. The van der Waals surface area contributed by atoms with Crippen LogP contribution in [0, 0.1) is 0 Å². The third-order valence-corrected chi connectivity index (χ3v) is 6.69. The average Bonchev–Trinajstić information content (AvgIpc) is 3.53. The summed E-state index contributed by atoms with van der Waals surface area (Å²) in [6, 6.07) is 11.2. The lowest BCUT2D eigenvalue weighted by atomic mass is 9.96. The van der Waals surface area contributed by atoms with Gasteiger partial charge in [-0.05, 0) is 29.8 Å². The second kappa shape index (κ2) is 7.62. The highest BCUT2D eigenvalue weighted by atomic mass is 32.1. The van der Waals surface area contributed by atoms with Crippen LogP contribution < -0.4 is 20.1 Å². The largest absolute Gasteiger partial charge is 0.454 e. The van der Waals surface area contributed by atoms with Gasteiger partial charge in [0.05, 0.1) is 16.3 Å². The van der Waals surface area contributed by atoms with Crippen molar-refractivity contribution in [3.63, 3.8) is 0 Å². The molecule has 174 valence electrons. The van der Waals surface area contributed by atoms with Crippen LogP contribution in [0.25, 0.3) is 10.2 Å². The van der Waals surface area contributed by atoms with Crippen molar-refractivity contribution in [1.82, 2.24) is 14.8 Å². The van der Waals surface area contributed by atoms with Crippen LogP contribution in [-0.2, 0) is 0 Å². The highest BCUT2D eigenvalue weighted by Gasteiger charge is 2.47. The Morgan fingerprint density at radius 1 is 1.15 bits per heavy atom. The summed E-state index contributed by atoms with van der Waals surface area (Å²) in [4.78, 5) is 17.1. The quantitative estimate of drug-likeness (QED) is 0.416. The highest BCUT2D eigenvalue weighted by Crippen LogP contribution is 2.45. The minimum Gasteiger partial charge on any atom is -0.454 e. The number of amides is 1. The van der Waals surface area contributed by atoms with E-state index in [1.165, 1.54) is 17.4 Å². The lowest BCUT2D eigenvalue weighted by Crippen LogP contribution is -2.35. The number of ether oxygens (including phenoxy) is 2. The van der Waals surface area contributed by atoms with E-state index in [2.05, 4.69) is 20.7 Å². The molecule has 2 N–H and O–H groups in total. The Hall–Kier alpha value is -3.80. The summed E-state index contributed by atoms with van der Waals surface area (Å²) >= 11 is 1.27. The molecule has 6 rings (SSSR count). The van der Waals surface area contributed by atoms with Gasteiger partial charge < -0.3 is 14.8 Å². The number of halogens is 3. The van der Waals surface area contributed by atoms with E-state index in [9.17, 15) is 18.0 Å². The maximum absolute atomic E-state index is 14.0. The monoisotopic (exact) mass is 487 g/mol. The molecule has 2 unspecified atom stereocenters. The Morgan fingerprint density at radius 3 is 2.79 bits per heavy atom. The van der Waals surface area contributed by atoms with Crippen LogP contribution in [0.2, 0.25) is 0 Å². The summed E-state index contributed by atoms with van der Waals surface area (Å²) in [6.07, 6.45) is -4.85. The molecule has 4 aromatic rings. The number of alkyl halides is 3. The number of hydrogen-bond donors (Lipinski definition) is 2. The molecule has 12 heteroatoms. The molecule has 2 aromatic heterocycles. The Balaban J connectivity index is 1.30. The van der Waals surface area contributed by atoms with E-state index in [0.717, 1.165) is 14.9 Å². The van der Waals surface area contributed by atoms with E-state index in [4.69, 9.17) is 9.47 Å². The maximum atomic E-state index is 14.0. The predicted molar refractivity (Wildman–Crippen MR) is 118 cm³/mol. The van der Waals surface area contributed by atoms with Crippen molar-refractivity contribution in [1.29, 1.82) is 0 Å². The third-order valence-electron chi connectivity index (χ3n) is 5.74. The standard InChI is InChI=1S/C22H16F3N5O3S/c23-22(24,25)18-8-13(11-5-6-15-16(7-11)33-10-32-15)26-19-9-14(29-30(18)19)20(31)28-21-27-12-3-1-2-4-17(12)34-21/h1-7,9,13,18,26H,8,10H2,(H,27,28,31). The molecule has 8 nitrogen and oxygen atoms in total. The van der Waals surface area contributed by atoms with E-state index in [-0.39, 0.29) is 24.7 Å². The second-order valence-electron chi connectivity index (χ2n) is 7.90. The predicted octanol–water partition coefficient (Wildman–Crippen LogP) is 5.13. The first-order valence-electron chi connectivity index (χ1n) is 10.3. The lowest BCUT2D eigenvalue weighted by Gasteiger charge is -2.33. The molecule has 0 fully saturated rings. The van der Waals surface area contributed by atoms with E-state index in [0.29, 0.717) is 22.2 Å². The van der Waals surface area contributed by atoms with Crippen molar-refractivity contribution in [3.05, 3.63) is 59.8 Å². The summed E-state index contributed by atoms with van der Waals surface area (Å²) in [5.74, 6) is 0.498. The number of aromatic nitrogens is 3. The molecule has 0 saturated carbocycles. The Labute approximate surface area is 194 Å². The molecule has 2 aromatic carbocycles. The number of carbonyl (C=O) groups excluding carboxylic acids is 1. The van der Waals surface area contributed by atoms with Crippen molar-refractivity contribution >= 4 is 38.4 Å². The van der Waals surface area contributed by atoms with Crippen LogP contribution in [0.3, 0.4) is 0 Å². The van der Waals surface area contributed by atoms with Crippen LogP contribution in [0.5, 0.6) is 11.5 Å². The molecule has 0 bridgehead atoms. The van der Waals surface area contributed by atoms with Gasteiger partial charge >= 0.3 is 6.18 Å². The Bertz CT molecular complexity index is 1380. The molecule has 0 aliphatic carbocycles. The lowest BCUT2D eigenvalue weighted by molar-refractivity contribution is -0.173. The zero-order valence-electron chi connectivity index (χ0n) is 17.3. The normalized spacial score (nSPS) is 19.0.